The lowest BCUT2D eigenvalue weighted by atomic mass is 10.0. The van der Waals surface area contributed by atoms with E-state index in [-0.39, 0.29) is 0 Å². The second-order valence-corrected chi connectivity index (χ2v) is 5.88. The molecule has 102 valence electrons. The van der Waals surface area contributed by atoms with Crippen LogP contribution in [0.2, 0.25) is 0 Å². The second kappa shape index (κ2) is 5.77. The zero-order valence-corrected chi connectivity index (χ0v) is 12.1. The smallest absolute Gasteiger partial charge is 0.127 e. The molecule has 1 aliphatic rings. The number of nitrogen functional groups attached to an aromatic ring is 1. The molecule has 1 saturated carbocycles. The summed E-state index contributed by atoms with van der Waals surface area (Å²) in [5.41, 5.74) is 7.55. The van der Waals surface area contributed by atoms with Gasteiger partial charge in [0.15, 0.2) is 0 Å². The van der Waals surface area contributed by atoms with Crippen molar-refractivity contribution < 1.29 is 0 Å². The quantitative estimate of drug-likeness (QED) is 0.855. The molecule has 0 atom stereocenters. The second-order valence-electron chi connectivity index (χ2n) is 5.88. The third-order valence-corrected chi connectivity index (χ3v) is 4.06. The number of aromatic nitrogens is 2. The van der Waals surface area contributed by atoms with Gasteiger partial charge in [0, 0.05) is 18.4 Å². The highest BCUT2D eigenvalue weighted by molar-refractivity contribution is 5.41. The molecule has 0 bridgehead atoms. The van der Waals surface area contributed by atoms with Crippen molar-refractivity contribution in [2.75, 3.05) is 5.73 Å². The Bertz CT molecular complexity index is 387. The molecule has 0 saturated heterocycles. The summed E-state index contributed by atoms with van der Waals surface area (Å²) in [4.78, 5) is 4.88. The van der Waals surface area contributed by atoms with Crippen LogP contribution in [0.4, 0.5) is 5.82 Å². The Kier molecular flexibility index (Phi) is 4.31. The lowest BCUT2D eigenvalue weighted by Crippen LogP contribution is -2.09. The average Bonchev–Trinajstić information content (AvgIpc) is 2.94. The van der Waals surface area contributed by atoms with Crippen molar-refractivity contribution >= 4 is 5.82 Å². The van der Waals surface area contributed by atoms with Crippen LogP contribution in [-0.2, 0) is 6.54 Å². The van der Waals surface area contributed by atoms with Gasteiger partial charge >= 0.3 is 0 Å². The van der Waals surface area contributed by atoms with Gasteiger partial charge in [-0.2, -0.15) is 0 Å². The topological polar surface area (TPSA) is 43.8 Å². The number of hydrogen-bond acceptors (Lipinski definition) is 2. The Labute approximate surface area is 111 Å². The summed E-state index contributed by atoms with van der Waals surface area (Å²) in [5.74, 6) is 3.20. The summed E-state index contributed by atoms with van der Waals surface area (Å²) in [6.45, 7) is 7.67. The number of nitrogens with zero attached hydrogens (tertiary/aromatic N) is 2. The van der Waals surface area contributed by atoms with Crippen molar-refractivity contribution in [1.82, 2.24) is 9.55 Å². The minimum atomic E-state index is 0.458. The lowest BCUT2D eigenvalue weighted by Gasteiger charge is -2.11. The molecule has 2 rings (SSSR count). The Morgan fingerprint density at radius 3 is 2.56 bits per heavy atom. The summed E-state index contributed by atoms with van der Waals surface area (Å²) in [6, 6.07) is 0. The highest BCUT2D eigenvalue weighted by Crippen LogP contribution is 2.37. The fourth-order valence-corrected chi connectivity index (χ4v) is 2.99. The minimum Gasteiger partial charge on any atom is -0.384 e. The first-order valence-electron chi connectivity index (χ1n) is 7.50. The van der Waals surface area contributed by atoms with Gasteiger partial charge in [-0.15, -0.1) is 0 Å². The highest BCUT2D eigenvalue weighted by Gasteiger charge is 2.25. The molecular formula is C15H27N3. The largest absolute Gasteiger partial charge is 0.384 e. The van der Waals surface area contributed by atoms with Crippen LogP contribution < -0.4 is 5.73 Å². The van der Waals surface area contributed by atoms with E-state index in [0.717, 1.165) is 12.4 Å². The normalized spacial score (nSPS) is 16.9. The number of anilines is 1. The zero-order valence-electron chi connectivity index (χ0n) is 12.1. The third-order valence-electron chi connectivity index (χ3n) is 4.06. The molecule has 18 heavy (non-hydrogen) atoms. The van der Waals surface area contributed by atoms with Gasteiger partial charge in [0.2, 0.25) is 0 Å². The van der Waals surface area contributed by atoms with Gasteiger partial charge in [-0.25, -0.2) is 4.98 Å². The first-order valence-corrected chi connectivity index (χ1v) is 7.50. The van der Waals surface area contributed by atoms with Crippen LogP contribution in [0.1, 0.15) is 82.7 Å². The molecule has 1 aromatic rings. The molecule has 1 heterocycles. The maximum Gasteiger partial charge on any atom is 0.127 e. The van der Waals surface area contributed by atoms with E-state index < -0.39 is 0 Å². The van der Waals surface area contributed by atoms with Gasteiger partial charge in [0.1, 0.15) is 11.6 Å². The molecule has 1 fully saturated rings. The summed E-state index contributed by atoms with van der Waals surface area (Å²) >= 11 is 0. The van der Waals surface area contributed by atoms with E-state index in [9.17, 15) is 0 Å². The average molecular weight is 249 g/mol. The van der Waals surface area contributed by atoms with E-state index in [1.165, 1.54) is 50.0 Å². The number of hydrogen-bond donors (Lipinski definition) is 1. The molecule has 1 aliphatic carbocycles. The molecule has 0 amide bonds. The molecule has 1 aromatic heterocycles. The monoisotopic (exact) mass is 249 g/mol. The van der Waals surface area contributed by atoms with Gasteiger partial charge in [-0.05, 0) is 19.3 Å². The van der Waals surface area contributed by atoms with Gasteiger partial charge in [0.25, 0.3) is 0 Å². The predicted molar refractivity (Wildman–Crippen MR) is 76.8 cm³/mol. The van der Waals surface area contributed by atoms with Crippen molar-refractivity contribution in [2.45, 2.75) is 77.7 Å². The Morgan fingerprint density at radius 2 is 2.00 bits per heavy atom. The third kappa shape index (κ3) is 2.55. The van der Waals surface area contributed by atoms with Gasteiger partial charge < -0.3 is 10.3 Å². The number of nitrogens with two attached hydrogens (primary N) is 1. The van der Waals surface area contributed by atoms with Gasteiger partial charge in [-0.3, -0.25) is 0 Å². The SMILES string of the molecule is CCCCn1c(C(C)C)nc(C2CCCC2)c1N. The maximum absolute atomic E-state index is 6.36. The van der Waals surface area contributed by atoms with E-state index in [1.807, 2.05) is 0 Å². The molecule has 0 spiro atoms. The van der Waals surface area contributed by atoms with Crippen LogP contribution >= 0.6 is 0 Å². The molecule has 3 heteroatoms. The molecule has 0 unspecified atom stereocenters. The van der Waals surface area contributed by atoms with Gasteiger partial charge in [0.05, 0.1) is 5.69 Å². The van der Waals surface area contributed by atoms with E-state index >= 15 is 0 Å². The van der Waals surface area contributed by atoms with Gasteiger partial charge in [-0.1, -0.05) is 40.0 Å². The first-order chi connectivity index (χ1) is 8.65. The van der Waals surface area contributed by atoms with Crippen molar-refractivity contribution in [3.8, 4) is 0 Å². The molecular weight excluding hydrogens is 222 g/mol. The van der Waals surface area contributed by atoms with Crippen LogP contribution in [0.5, 0.6) is 0 Å². The summed E-state index contributed by atoms with van der Waals surface area (Å²) in [7, 11) is 0. The van der Waals surface area contributed by atoms with E-state index in [0.29, 0.717) is 11.8 Å². The van der Waals surface area contributed by atoms with Crippen molar-refractivity contribution in [1.29, 1.82) is 0 Å². The lowest BCUT2D eigenvalue weighted by molar-refractivity contribution is 0.588. The molecule has 0 radical (unpaired) electrons. The van der Waals surface area contributed by atoms with Crippen LogP contribution in [-0.4, -0.2) is 9.55 Å². The Hall–Kier alpha value is -0.990. The summed E-state index contributed by atoms with van der Waals surface area (Å²) in [6.07, 6.45) is 7.60. The summed E-state index contributed by atoms with van der Waals surface area (Å²) < 4.78 is 2.27. The fourth-order valence-electron chi connectivity index (χ4n) is 2.99. The Morgan fingerprint density at radius 1 is 1.33 bits per heavy atom. The van der Waals surface area contributed by atoms with Crippen LogP contribution in [0.3, 0.4) is 0 Å². The standard InChI is InChI=1S/C15H27N3/c1-4-5-10-18-14(16)13(12-8-6-7-9-12)17-15(18)11(2)3/h11-12H,4-10,16H2,1-3H3. The Balaban J connectivity index is 2.30. The minimum absolute atomic E-state index is 0.458. The molecule has 3 nitrogen and oxygen atoms in total. The summed E-state index contributed by atoms with van der Waals surface area (Å²) in [5, 5.41) is 0. The number of unbranched alkanes of at least 4 members (excludes halogenated alkanes) is 1. The maximum atomic E-state index is 6.36. The molecule has 0 aliphatic heterocycles. The van der Waals surface area contributed by atoms with E-state index in [2.05, 4.69) is 25.3 Å². The number of imidazole rings is 1. The fraction of sp³-hybridized carbons (Fsp3) is 0.800. The number of rotatable bonds is 5. The van der Waals surface area contributed by atoms with E-state index in [4.69, 9.17) is 10.7 Å². The van der Waals surface area contributed by atoms with Crippen molar-refractivity contribution in [3.63, 3.8) is 0 Å². The first kappa shape index (κ1) is 13.4. The molecule has 2 N–H and O–H groups in total. The molecule has 0 aromatic carbocycles. The highest BCUT2D eigenvalue weighted by atomic mass is 15.1. The van der Waals surface area contributed by atoms with Crippen LogP contribution in [0.25, 0.3) is 0 Å². The van der Waals surface area contributed by atoms with Crippen molar-refractivity contribution in [2.24, 2.45) is 0 Å². The zero-order chi connectivity index (χ0) is 13.1. The van der Waals surface area contributed by atoms with Crippen LogP contribution in [0, 0.1) is 0 Å². The van der Waals surface area contributed by atoms with E-state index in [1.54, 1.807) is 0 Å². The van der Waals surface area contributed by atoms with Crippen LogP contribution in [0.15, 0.2) is 0 Å². The predicted octanol–water partition coefficient (Wildman–Crippen LogP) is 4.05. The van der Waals surface area contributed by atoms with Crippen molar-refractivity contribution in [3.05, 3.63) is 11.5 Å².